The van der Waals surface area contributed by atoms with Gasteiger partial charge in [-0.2, -0.15) is 0 Å². The van der Waals surface area contributed by atoms with Crippen LogP contribution in [0.3, 0.4) is 0 Å². The van der Waals surface area contributed by atoms with E-state index in [4.69, 9.17) is 9.47 Å². The van der Waals surface area contributed by atoms with Crippen LogP contribution < -0.4 is 10.1 Å². The highest BCUT2D eigenvalue weighted by Crippen LogP contribution is 2.43. The lowest BCUT2D eigenvalue weighted by Gasteiger charge is -2.31. The second kappa shape index (κ2) is 11.8. The second-order valence-corrected chi connectivity index (χ2v) is 6.77. The molecule has 1 aliphatic rings. The van der Waals surface area contributed by atoms with E-state index in [1.807, 2.05) is 42.2 Å². The summed E-state index contributed by atoms with van der Waals surface area (Å²) in [4.78, 5) is 3.01. The molecule has 3 rings (SSSR count). The van der Waals surface area contributed by atoms with E-state index in [0.29, 0.717) is 13.2 Å². The predicted octanol–water partition coefficient (Wildman–Crippen LogP) is 5.10. The molecule has 2 aromatic rings. The molecule has 0 aliphatic carbocycles. The number of benzene rings is 2. The van der Waals surface area contributed by atoms with E-state index in [2.05, 4.69) is 27.9 Å². The monoisotopic (exact) mass is 489 g/mol. The van der Waals surface area contributed by atoms with Gasteiger partial charge in [-0.25, -0.2) is 4.39 Å². The molecule has 2 aromatic carbocycles. The zero-order valence-corrected chi connectivity index (χ0v) is 18.1. The number of thioether (sulfide) groups is 1. The van der Waals surface area contributed by atoms with Crippen molar-refractivity contribution in [2.45, 2.75) is 23.2 Å². The Morgan fingerprint density at radius 1 is 1.27 bits per heavy atom. The summed E-state index contributed by atoms with van der Waals surface area (Å²) in [5, 5.41) is 3.36. The summed E-state index contributed by atoms with van der Waals surface area (Å²) in [5.41, 5.74) is 0.931. The Labute approximate surface area is 173 Å². The molecule has 26 heavy (non-hydrogen) atoms. The van der Waals surface area contributed by atoms with Crippen LogP contribution in [0.2, 0.25) is 0 Å². The smallest absolute Gasteiger partial charge is 0.132 e. The van der Waals surface area contributed by atoms with Crippen molar-refractivity contribution in [1.82, 2.24) is 5.32 Å². The number of nitrogens with one attached hydrogen (secondary N) is 1. The van der Waals surface area contributed by atoms with E-state index >= 15 is 0 Å². The van der Waals surface area contributed by atoms with Crippen molar-refractivity contribution in [3.8, 4) is 5.75 Å². The maximum atomic E-state index is 13.7. The third-order valence-corrected chi connectivity index (χ3v) is 5.29. The largest absolute Gasteiger partial charge is 0.493 e. The summed E-state index contributed by atoms with van der Waals surface area (Å²) in [6.07, 6.45) is -0.0137. The zero-order valence-electron chi connectivity index (χ0n) is 15.1. The molecule has 1 aliphatic heterocycles. The van der Waals surface area contributed by atoms with Gasteiger partial charge >= 0.3 is 0 Å². The number of rotatable bonds is 6. The molecule has 2 atom stereocenters. The Morgan fingerprint density at radius 2 is 2.08 bits per heavy atom. The van der Waals surface area contributed by atoms with Crippen molar-refractivity contribution in [2.75, 3.05) is 31.2 Å². The molecule has 1 N–H and O–H groups in total. The third kappa shape index (κ3) is 6.11. The van der Waals surface area contributed by atoms with Crippen LogP contribution in [-0.4, -0.2) is 37.3 Å². The quantitative estimate of drug-likeness (QED) is 0.348. The van der Waals surface area contributed by atoms with Crippen molar-refractivity contribution in [3.05, 3.63) is 59.9 Å². The maximum absolute atomic E-state index is 13.7. The van der Waals surface area contributed by atoms with Gasteiger partial charge in [-0.15, -0.1) is 11.8 Å². The summed E-state index contributed by atoms with van der Waals surface area (Å²) in [6, 6.07) is 14.7. The molecule has 6 heteroatoms. The summed E-state index contributed by atoms with van der Waals surface area (Å²) in [7, 11) is 0. The number of hydrogen-bond acceptors (Lipinski definition) is 4. The van der Waals surface area contributed by atoms with Crippen LogP contribution in [0.15, 0.2) is 53.4 Å². The number of hydrogen-bond donors (Lipinski definition) is 1. The third-order valence-electron chi connectivity index (χ3n) is 3.87. The molecule has 0 saturated carbocycles. The predicted molar refractivity (Wildman–Crippen MR) is 115 cm³/mol. The molecule has 0 radical (unpaired) electrons. The van der Waals surface area contributed by atoms with Gasteiger partial charge in [-0.05, 0) is 41.7 Å². The lowest BCUT2D eigenvalue weighted by molar-refractivity contribution is 0.0273. The SMILES string of the molecule is CCOc1ccccc1S[C@H](c1cccc(F)c1)[C@H]1CNCCO1.CI. The van der Waals surface area contributed by atoms with Crippen LogP contribution in [0.1, 0.15) is 17.7 Å². The van der Waals surface area contributed by atoms with E-state index in [0.717, 1.165) is 29.3 Å². The number of morpholine rings is 1. The molecule has 0 spiro atoms. The Bertz CT molecular complexity index is 668. The van der Waals surface area contributed by atoms with Gasteiger partial charge in [-0.1, -0.05) is 46.9 Å². The van der Waals surface area contributed by atoms with Crippen molar-refractivity contribution in [3.63, 3.8) is 0 Å². The van der Waals surface area contributed by atoms with Crippen LogP contribution in [0.5, 0.6) is 5.75 Å². The molecular formula is C20H25FINO2S. The van der Waals surface area contributed by atoms with Gasteiger partial charge in [0, 0.05) is 13.1 Å². The minimum absolute atomic E-state index is 0.00453. The first-order chi connectivity index (χ1) is 12.8. The van der Waals surface area contributed by atoms with Gasteiger partial charge in [0.1, 0.15) is 11.6 Å². The van der Waals surface area contributed by atoms with E-state index in [9.17, 15) is 4.39 Å². The first-order valence-corrected chi connectivity index (χ1v) is 11.7. The Morgan fingerprint density at radius 3 is 2.77 bits per heavy atom. The van der Waals surface area contributed by atoms with Gasteiger partial charge in [0.15, 0.2) is 0 Å². The fraction of sp³-hybridized carbons (Fsp3) is 0.400. The standard InChI is InChI=1S/C19H22FNO2S.CH3I/c1-2-22-16-8-3-4-9-18(16)24-19(17-13-21-10-11-23-17)14-6-5-7-15(20)12-14;1-2/h3-9,12,17,19,21H,2,10-11,13H2,1H3;1H3/t17-,19-;/m1./s1. The fourth-order valence-electron chi connectivity index (χ4n) is 2.78. The van der Waals surface area contributed by atoms with Gasteiger partial charge in [-0.3, -0.25) is 0 Å². The van der Waals surface area contributed by atoms with E-state index in [1.54, 1.807) is 23.9 Å². The number of halogens is 2. The number of alkyl halides is 1. The first kappa shape index (κ1) is 21.5. The number of ether oxygens (including phenoxy) is 2. The molecular weight excluding hydrogens is 464 g/mol. The van der Waals surface area contributed by atoms with Crippen molar-refractivity contribution < 1.29 is 13.9 Å². The molecule has 0 bridgehead atoms. The minimum Gasteiger partial charge on any atom is -0.493 e. The van der Waals surface area contributed by atoms with Crippen LogP contribution in [-0.2, 0) is 4.74 Å². The van der Waals surface area contributed by atoms with E-state index in [1.165, 1.54) is 6.07 Å². The molecule has 3 nitrogen and oxygen atoms in total. The molecule has 1 heterocycles. The fourth-order valence-corrected chi connectivity index (χ4v) is 4.06. The molecule has 1 saturated heterocycles. The van der Waals surface area contributed by atoms with E-state index in [-0.39, 0.29) is 17.2 Å². The van der Waals surface area contributed by atoms with Crippen molar-refractivity contribution in [2.24, 2.45) is 0 Å². The van der Waals surface area contributed by atoms with Crippen LogP contribution in [0, 0.1) is 5.82 Å². The minimum atomic E-state index is -0.222. The van der Waals surface area contributed by atoms with Gasteiger partial charge in [0.25, 0.3) is 0 Å². The summed E-state index contributed by atoms with van der Waals surface area (Å²) in [5.74, 6) is 0.634. The average Bonchev–Trinajstić information content (AvgIpc) is 2.70. The normalized spacial score (nSPS) is 17.8. The number of para-hydroxylation sites is 1. The van der Waals surface area contributed by atoms with Crippen molar-refractivity contribution >= 4 is 34.4 Å². The molecule has 0 unspecified atom stereocenters. The van der Waals surface area contributed by atoms with Crippen LogP contribution >= 0.6 is 34.4 Å². The van der Waals surface area contributed by atoms with E-state index < -0.39 is 0 Å². The second-order valence-electron chi connectivity index (χ2n) is 5.59. The van der Waals surface area contributed by atoms with Crippen LogP contribution in [0.4, 0.5) is 4.39 Å². The molecule has 0 amide bonds. The average molecular weight is 489 g/mol. The Hall–Kier alpha value is -0.830. The highest BCUT2D eigenvalue weighted by atomic mass is 127. The summed E-state index contributed by atoms with van der Waals surface area (Å²) in [6.45, 7) is 4.87. The van der Waals surface area contributed by atoms with Gasteiger partial charge in [0.05, 0.1) is 29.5 Å². The highest BCUT2D eigenvalue weighted by molar-refractivity contribution is 14.1. The maximum Gasteiger partial charge on any atom is 0.132 e. The summed E-state index contributed by atoms with van der Waals surface area (Å²) < 4.78 is 25.4. The van der Waals surface area contributed by atoms with Gasteiger partial charge in [0.2, 0.25) is 0 Å². The molecule has 1 fully saturated rings. The lowest BCUT2D eigenvalue weighted by Crippen LogP contribution is -2.41. The highest BCUT2D eigenvalue weighted by Gasteiger charge is 2.28. The Kier molecular flexibility index (Phi) is 9.74. The first-order valence-electron chi connectivity index (χ1n) is 8.62. The topological polar surface area (TPSA) is 30.5 Å². The van der Waals surface area contributed by atoms with Gasteiger partial charge < -0.3 is 14.8 Å². The summed E-state index contributed by atoms with van der Waals surface area (Å²) >= 11 is 3.82. The van der Waals surface area contributed by atoms with Crippen molar-refractivity contribution in [1.29, 1.82) is 0 Å². The zero-order chi connectivity index (χ0) is 18.8. The lowest BCUT2D eigenvalue weighted by atomic mass is 10.1. The molecule has 0 aromatic heterocycles. The van der Waals surface area contributed by atoms with Crippen LogP contribution in [0.25, 0.3) is 0 Å². The molecule has 142 valence electrons. The Balaban J connectivity index is 0.00000117.